The summed E-state index contributed by atoms with van der Waals surface area (Å²) in [7, 11) is -1.66. The number of piperazine rings is 1. The molecule has 1 heterocycles. The standard InChI is InChI=1S/C18H19ClN4O5S/c1-21-8-10-22(11-9-21)29(27,28)15-5-3-14(4-6-15)20-18(24)13-2-7-16(19)17(12-13)23(25)26/h2-7,12H,8-11H2,1H3,(H,20,24). The van der Waals surface area contributed by atoms with Crippen molar-refractivity contribution in [2.24, 2.45) is 0 Å². The zero-order chi connectivity index (χ0) is 21.2. The van der Waals surface area contributed by atoms with E-state index in [-0.39, 0.29) is 21.2 Å². The van der Waals surface area contributed by atoms with Crippen LogP contribution in [0.1, 0.15) is 10.4 Å². The van der Waals surface area contributed by atoms with Gasteiger partial charge in [-0.25, -0.2) is 8.42 Å². The van der Waals surface area contributed by atoms with E-state index in [4.69, 9.17) is 11.6 Å². The van der Waals surface area contributed by atoms with Crippen molar-refractivity contribution in [3.05, 3.63) is 63.2 Å². The van der Waals surface area contributed by atoms with Crippen LogP contribution in [0.2, 0.25) is 5.02 Å². The molecule has 0 atom stereocenters. The van der Waals surface area contributed by atoms with Gasteiger partial charge in [0.15, 0.2) is 0 Å². The van der Waals surface area contributed by atoms with E-state index in [2.05, 4.69) is 10.2 Å². The van der Waals surface area contributed by atoms with Crippen LogP contribution >= 0.6 is 11.6 Å². The van der Waals surface area contributed by atoms with E-state index in [1.54, 1.807) is 0 Å². The lowest BCUT2D eigenvalue weighted by Crippen LogP contribution is -2.46. The Morgan fingerprint density at radius 3 is 2.31 bits per heavy atom. The summed E-state index contributed by atoms with van der Waals surface area (Å²) in [6.07, 6.45) is 0. The first-order valence-corrected chi connectivity index (χ1v) is 10.5. The lowest BCUT2D eigenvalue weighted by Gasteiger charge is -2.31. The fraction of sp³-hybridized carbons (Fsp3) is 0.278. The Labute approximate surface area is 173 Å². The highest BCUT2D eigenvalue weighted by Gasteiger charge is 2.27. The zero-order valence-corrected chi connectivity index (χ0v) is 17.1. The van der Waals surface area contributed by atoms with Crippen LogP contribution < -0.4 is 5.32 Å². The molecule has 0 unspecified atom stereocenters. The number of benzene rings is 2. The number of nitro groups is 1. The number of sulfonamides is 1. The molecule has 0 aliphatic carbocycles. The molecule has 1 fully saturated rings. The minimum Gasteiger partial charge on any atom is -0.322 e. The molecule has 9 nitrogen and oxygen atoms in total. The molecular formula is C18H19ClN4O5S. The number of nitrogens with zero attached hydrogens (tertiary/aromatic N) is 3. The van der Waals surface area contributed by atoms with Gasteiger partial charge >= 0.3 is 0 Å². The summed E-state index contributed by atoms with van der Waals surface area (Å²) < 4.78 is 26.9. The highest BCUT2D eigenvalue weighted by molar-refractivity contribution is 7.89. The first-order valence-electron chi connectivity index (χ1n) is 8.72. The third-order valence-electron chi connectivity index (χ3n) is 4.62. The molecule has 2 aromatic carbocycles. The van der Waals surface area contributed by atoms with Crippen molar-refractivity contribution in [3.8, 4) is 0 Å². The van der Waals surface area contributed by atoms with Gasteiger partial charge in [-0.15, -0.1) is 0 Å². The second-order valence-corrected chi connectivity index (χ2v) is 8.95. The fourth-order valence-electron chi connectivity index (χ4n) is 2.88. The van der Waals surface area contributed by atoms with E-state index in [0.717, 1.165) is 6.07 Å². The number of hydrogen-bond acceptors (Lipinski definition) is 6. The van der Waals surface area contributed by atoms with E-state index in [9.17, 15) is 23.3 Å². The van der Waals surface area contributed by atoms with E-state index in [1.165, 1.54) is 40.7 Å². The van der Waals surface area contributed by atoms with Gasteiger partial charge in [0.2, 0.25) is 10.0 Å². The summed E-state index contributed by atoms with van der Waals surface area (Å²) in [5, 5.41) is 13.5. The maximum absolute atomic E-state index is 12.7. The molecule has 11 heteroatoms. The molecule has 0 aromatic heterocycles. The lowest BCUT2D eigenvalue weighted by atomic mass is 10.2. The van der Waals surface area contributed by atoms with E-state index in [0.29, 0.717) is 31.9 Å². The van der Waals surface area contributed by atoms with Crippen molar-refractivity contribution in [2.45, 2.75) is 4.90 Å². The lowest BCUT2D eigenvalue weighted by molar-refractivity contribution is -0.384. The number of nitro benzene ring substituents is 1. The first kappa shape index (κ1) is 21.2. The number of amides is 1. The van der Waals surface area contributed by atoms with Crippen molar-refractivity contribution in [1.82, 2.24) is 9.21 Å². The van der Waals surface area contributed by atoms with Crippen LogP contribution in [0.3, 0.4) is 0 Å². The molecule has 1 N–H and O–H groups in total. The van der Waals surface area contributed by atoms with E-state index < -0.39 is 20.9 Å². The molecule has 3 rings (SSSR count). The molecule has 1 saturated heterocycles. The van der Waals surface area contributed by atoms with Gasteiger partial charge in [-0.05, 0) is 43.4 Å². The van der Waals surface area contributed by atoms with Crippen LogP contribution in [0.25, 0.3) is 0 Å². The Morgan fingerprint density at radius 2 is 1.72 bits per heavy atom. The zero-order valence-electron chi connectivity index (χ0n) is 15.5. The second kappa shape index (κ2) is 8.46. The predicted molar refractivity (Wildman–Crippen MR) is 109 cm³/mol. The summed E-state index contributed by atoms with van der Waals surface area (Å²) in [5.74, 6) is -0.570. The van der Waals surface area contributed by atoms with Crippen LogP contribution in [-0.4, -0.2) is 61.7 Å². The quantitative estimate of drug-likeness (QED) is 0.566. The van der Waals surface area contributed by atoms with E-state index >= 15 is 0 Å². The average Bonchev–Trinajstić information content (AvgIpc) is 2.69. The number of carbonyl (C=O) groups excluding carboxylic acids is 1. The summed E-state index contributed by atoms with van der Waals surface area (Å²) >= 11 is 5.75. The number of carbonyl (C=O) groups is 1. The minimum atomic E-state index is -3.60. The molecule has 0 saturated carbocycles. The highest BCUT2D eigenvalue weighted by atomic mass is 35.5. The number of anilines is 1. The predicted octanol–water partition coefficient (Wildman–Crippen LogP) is 2.44. The summed E-state index contributed by atoms with van der Waals surface area (Å²) in [6.45, 7) is 2.18. The molecule has 1 aliphatic rings. The Hall–Kier alpha value is -2.53. The van der Waals surface area contributed by atoms with Crippen molar-refractivity contribution >= 4 is 38.9 Å². The number of hydrogen-bond donors (Lipinski definition) is 1. The Bertz CT molecular complexity index is 1030. The molecule has 0 radical (unpaired) electrons. The van der Waals surface area contributed by atoms with Gasteiger partial charge in [0, 0.05) is 43.5 Å². The van der Waals surface area contributed by atoms with Gasteiger partial charge < -0.3 is 10.2 Å². The number of halogens is 1. The molecule has 0 spiro atoms. The second-order valence-electron chi connectivity index (χ2n) is 6.61. The van der Waals surface area contributed by atoms with Crippen LogP contribution in [0, 0.1) is 10.1 Å². The first-order chi connectivity index (χ1) is 13.7. The smallest absolute Gasteiger partial charge is 0.288 e. The fourth-order valence-corrected chi connectivity index (χ4v) is 4.49. The third kappa shape index (κ3) is 4.73. The van der Waals surface area contributed by atoms with Crippen LogP contribution in [-0.2, 0) is 10.0 Å². The van der Waals surface area contributed by atoms with Gasteiger partial charge in [0.25, 0.3) is 11.6 Å². The molecule has 1 aliphatic heterocycles. The van der Waals surface area contributed by atoms with Crippen LogP contribution in [0.5, 0.6) is 0 Å². The highest BCUT2D eigenvalue weighted by Crippen LogP contribution is 2.26. The monoisotopic (exact) mass is 438 g/mol. The Kier molecular flexibility index (Phi) is 6.18. The topological polar surface area (TPSA) is 113 Å². The number of rotatable bonds is 5. The van der Waals surface area contributed by atoms with Gasteiger partial charge in [-0.2, -0.15) is 4.31 Å². The average molecular weight is 439 g/mol. The van der Waals surface area contributed by atoms with Crippen molar-refractivity contribution in [2.75, 3.05) is 38.5 Å². The van der Waals surface area contributed by atoms with E-state index in [1.807, 2.05) is 7.05 Å². The molecule has 29 heavy (non-hydrogen) atoms. The molecule has 0 bridgehead atoms. The largest absolute Gasteiger partial charge is 0.322 e. The summed E-state index contributed by atoms with van der Waals surface area (Å²) in [6, 6.07) is 9.54. The van der Waals surface area contributed by atoms with Crippen molar-refractivity contribution in [1.29, 1.82) is 0 Å². The summed E-state index contributed by atoms with van der Waals surface area (Å²) in [4.78, 5) is 24.8. The SMILES string of the molecule is CN1CCN(S(=O)(=O)c2ccc(NC(=O)c3ccc(Cl)c([N+](=O)[O-])c3)cc2)CC1. The molecule has 1 amide bonds. The van der Waals surface area contributed by atoms with Gasteiger partial charge in [-0.3, -0.25) is 14.9 Å². The Balaban J connectivity index is 1.73. The maximum Gasteiger partial charge on any atom is 0.288 e. The van der Waals surface area contributed by atoms with Crippen LogP contribution in [0.4, 0.5) is 11.4 Å². The summed E-state index contributed by atoms with van der Waals surface area (Å²) in [5.41, 5.74) is 0.0631. The number of nitrogens with one attached hydrogen (secondary N) is 1. The van der Waals surface area contributed by atoms with Gasteiger partial charge in [0.05, 0.1) is 9.82 Å². The van der Waals surface area contributed by atoms with Crippen LogP contribution in [0.15, 0.2) is 47.4 Å². The normalized spacial score (nSPS) is 15.8. The number of likely N-dealkylation sites (N-methyl/N-ethyl adjacent to an activating group) is 1. The molecule has 2 aromatic rings. The van der Waals surface area contributed by atoms with Crippen molar-refractivity contribution in [3.63, 3.8) is 0 Å². The van der Waals surface area contributed by atoms with Gasteiger partial charge in [-0.1, -0.05) is 11.6 Å². The Morgan fingerprint density at radius 1 is 1.10 bits per heavy atom. The maximum atomic E-state index is 12.7. The third-order valence-corrected chi connectivity index (χ3v) is 6.85. The minimum absolute atomic E-state index is 0.0648. The van der Waals surface area contributed by atoms with Gasteiger partial charge in [0.1, 0.15) is 5.02 Å². The van der Waals surface area contributed by atoms with Crippen molar-refractivity contribution < 1.29 is 18.1 Å². The molecule has 154 valence electrons. The molecular weight excluding hydrogens is 420 g/mol.